The van der Waals surface area contributed by atoms with Gasteiger partial charge in [0.1, 0.15) is 10.6 Å². The fourth-order valence-electron chi connectivity index (χ4n) is 5.06. The third kappa shape index (κ3) is 3.75. The van der Waals surface area contributed by atoms with E-state index >= 15 is 0 Å². The monoisotopic (exact) mass is 454 g/mol. The van der Waals surface area contributed by atoms with Crippen LogP contribution in [0.3, 0.4) is 0 Å². The zero-order valence-corrected chi connectivity index (χ0v) is 19.2. The number of aliphatic hydroxyl groups excluding tert-OH is 1. The number of nitrogens with zero attached hydrogens (tertiary/aromatic N) is 3. The third-order valence-corrected chi connectivity index (χ3v) is 8.19. The number of ether oxygens (including phenoxy) is 1. The highest BCUT2D eigenvalue weighted by atomic mass is 32.1. The summed E-state index contributed by atoms with van der Waals surface area (Å²) >= 11 is 1.52. The fourth-order valence-corrected chi connectivity index (χ4v) is 6.32. The van der Waals surface area contributed by atoms with Crippen LogP contribution in [0.2, 0.25) is 0 Å². The number of imidazole rings is 1. The van der Waals surface area contributed by atoms with Crippen LogP contribution in [0.15, 0.2) is 24.5 Å². The average Bonchev–Trinajstić information content (AvgIpc) is 3.40. The highest BCUT2D eigenvalue weighted by Gasteiger charge is 2.29. The number of aliphatic hydroxyl groups is 1. The van der Waals surface area contributed by atoms with Crippen molar-refractivity contribution in [2.45, 2.75) is 57.1 Å². The summed E-state index contributed by atoms with van der Waals surface area (Å²) in [6, 6.07) is 6.80. The van der Waals surface area contributed by atoms with Gasteiger partial charge in [-0.15, -0.1) is 11.3 Å². The molecule has 2 aliphatic rings. The topological polar surface area (TPSA) is 93.6 Å². The van der Waals surface area contributed by atoms with Gasteiger partial charge in [-0.25, -0.2) is 9.78 Å². The number of hydrogen-bond acceptors (Lipinski definition) is 7. The van der Waals surface area contributed by atoms with Crippen LogP contribution in [0.4, 0.5) is 10.7 Å². The van der Waals surface area contributed by atoms with E-state index in [1.54, 1.807) is 0 Å². The molecular formula is C24H30N4O3S. The number of carbonyl (C=O) groups is 1. The number of hydrogen-bond donors (Lipinski definition) is 2. The Bertz CT molecular complexity index is 1120. The van der Waals surface area contributed by atoms with E-state index in [1.807, 2.05) is 6.33 Å². The number of carbonyl (C=O) groups excluding carboxylic acids is 1. The standard InChI is InChI=1S/C24H30N4O3S/c1-31-24(30)20-21(25)22(32-23(20)27-11-9-17(29)10-12-27)15-7-8-19-18(13-15)26-14-28(19)16-5-3-2-4-6-16/h7-8,13-14,16-17,29H,2-6,9-12,25H2,1H3. The number of thiophene rings is 1. The van der Waals surface area contributed by atoms with Crippen molar-refractivity contribution < 1.29 is 14.6 Å². The Labute approximate surface area is 191 Å². The van der Waals surface area contributed by atoms with E-state index in [1.165, 1.54) is 50.6 Å². The molecule has 0 unspecified atom stereocenters. The summed E-state index contributed by atoms with van der Waals surface area (Å²) in [4.78, 5) is 20.3. The quantitative estimate of drug-likeness (QED) is 0.560. The molecular weight excluding hydrogens is 424 g/mol. The summed E-state index contributed by atoms with van der Waals surface area (Å²) < 4.78 is 7.38. The molecule has 5 rings (SSSR count). The molecule has 3 heterocycles. The lowest BCUT2D eigenvalue weighted by Crippen LogP contribution is -2.36. The predicted octanol–water partition coefficient (Wildman–Crippen LogP) is 4.60. The molecule has 3 aromatic rings. The SMILES string of the molecule is COC(=O)c1c(N2CCC(O)CC2)sc(-c2ccc3c(c2)ncn3C2CCCCC2)c1N. The molecule has 0 radical (unpaired) electrons. The number of benzene rings is 1. The van der Waals surface area contributed by atoms with Crippen LogP contribution < -0.4 is 10.6 Å². The largest absolute Gasteiger partial charge is 0.465 e. The van der Waals surface area contributed by atoms with Crippen LogP contribution in [-0.4, -0.2) is 46.9 Å². The molecule has 1 aliphatic carbocycles. The summed E-state index contributed by atoms with van der Waals surface area (Å²) in [5, 5.41) is 10.7. The first kappa shape index (κ1) is 21.3. The summed E-state index contributed by atoms with van der Waals surface area (Å²) in [6.45, 7) is 1.38. The Morgan fingerprint density at radius 2 is 1.94 bits per heavy atom. The van der Waals surface area contributed by atoms with Crippen molar-refractivity contribution in [3.8, 4) is 10.4 Å². The first-order chi connectivity index (χ1) is 15.6. The van der Waals surface area contributed by atoms with Crippen molar-refractivity contribution in [1.82, 2.24) is 9.55 Å². The highest BCUT2D eigenvalue weighted by Crippen LogP contribution is 2.46. The van der Waals surface area contributed by atoms with E-state index in [-0.39, 0.29) is 6.10 Å². The number of nitrogen functional groups attached to an aromatic ring is 1. The van der Waals surface area contributed by atoms with Crippen molar-refractivity contribution >= 4 is 39.0 Å². The van der Waals surface area contributed by atoms with E-state index in [0.717, 1.165) is 26.5 Å². The van der Waals surface area contributed by atoms with Crippen molar-refractivity contribution in [3.63, 3.8) is 0 Å². The van der Waals surface area contributed by atoms with Gasteiger partial charge in [-0.3, -0.25) is 0 Å². The van der Waals surface area contributed by atoms with Crippen molar-refractivity contribution in [1.29, 1.82) is 0 Å². The van der Waals surface area contributed by atoms with Gasteiger partial charge in [-0.2, -0.15) is 0 Å². The molecule has 1 saturated heterocycles. The van der Waals surface area contributed by atoms with Gasteiger partial charge in [0.15, 0.2) is 0 Å². The van der Waals surface area contributed by atoms with Crippen LogP contribution in [0.5, 0.6) is 0 Å². The molecule has 1 saturated carbocycles. The Hall–Kier alpha value is -2.58. The second kappa shape index (κ2) is 8.75. The maximum absolute atomic E-state index is 12.6. The Morgan fingerprint density at radius 3 is 2.66 bits per heavy atom. The number of methoxy groups -OCH3 is 1. The minimum absolute atomic E-state index is 0.286. The first-order valence-corrected chi connectivity index (χ1v) is 12.3. The lowest BCUT2D eigenvalue weighted by atomic mass is 9.95. The highest BCUT2D eigenvalue weighted by molar-refractivity contribution is 7.20. The summed E-state index contributed by atoms with van der Waals surface area (Å²) in [6.07, 6.45) is 9.34. The molecule has 0 amide bonds. The number of rotatable bonds is 4. The molecule has 170 valence electrons. The van der Waals surface area contributed by atoms with Gasteiger partial charge in [-0.05, 0) is 43.4 Å². The van der Waals surface area contributed by atoms with Gasteiger partial charge in [0.2, 0.25) is 0 Å². The van der Waals surface area contributed by atoms with E-state index in [9.17, 15) is 9.90 Å². The number of anilines is 2. The molecule has 0 spiro atoms. The summed E-state index contributed by atoms with van der Waals surface area (Å²) in [7, 11) is 1.38. The van der Waals surface area contributed by atoms with Gasteiger partial charge in [0.05, 0.1) is 41.1 Å². The molecule has 1 aromatic carbocycles. The number of nitrogens with two attached hydrogens (primary N) is 1. The molecule has 1 aliphatic heterocycles. The van der Waals surface area contributed by atoms with Gasteiger partial charge in [0, 0.05) is 19.1 Å². The lowest BCUT2D eigenvalue weighted by Gasteiger charge is -2.30. The van der Waals surface area contributed by atoms with E-state index in [4.69, 9.17) is 10.5 Å². The number of piperidine rings is 1. The number of esters is 1. The zero-order valence-electron chi connectivity index (χ0n) is 18.4. The molecule has 3 N–H and O–H groups in total. The maximum Gasteiger partial charge on any atom is 0.343 e. The predicted molar refractivity (Wildman–Crippen MR) is 128 cm³/mol. The summed E-state index contributed by atoms with van der Waals surface area (Å²) in [5.41, 5.74) is 10.5. The fraction of sp³-hybridized carbons (Fsp3) is 0.500. The third-order valence-electron chi connectivity index (χ3n) is 6.87. The molecule has 7 nitrogen and oxygen atoms in total. The minimum atomic E-state index is -0.422. The molecule has 0 bridgehead atoms. The van der Waals surface area contributed by atoms with Crippen LogP contribution in [0.1, 0.15) is 61.3 Å². The minimum Gasteiger partial charge on any atom is -0.465 e. The maximum atomic E-state index is 12.6. The Balaban J connectivity index is 1.53. The smallest absolute Gasteiger partial charge is 0.343 e. The Kier molecular flexibility index (Phi) is 5.82. The van der Waals surface area contributed by atoms with Crippen molar-refractivity contribution in [2.75, 3.05) is 30.8 Å². The lowest BCUT2D eigenvalue weighted by molar-refractivity contribution is 0.0603. The summed E-state index contributed by atoms with van der Waals surface area (Å²) in [5.74, 6) is -0.422. The molecule has 2 fully saturated rings. The van der Waals surface area contributed by atoms with Gasteiger partial charge >= 0.3 is 5.97 Å². The van der Waals surface area contributed by atoms with Crippen LogP contribution >= 0.6 is 11.3 Å². The second-order valence-corrected chi connectivity index (χ2v) is 9.88. The van der Waals surface area contributed by atoms with Gasteiger partial charge in [0.25, 0.3) is 0 Å². The normalized spacial score (nSPS) is 18.4. The van der Waals surface area contributed by atoms with E-state index < -0.39 is 5.97 Å². The Morgan fingerprint density at radius 1 is 1.19 bits per heavy atom. The molecule has 8 heteroatoms. The van der Waals surface area contributed by atoms with Crippen LogP contribution in [-0.2, 0) is 4.74 Å². The van der Waals surface area contributed by atoms with Crippen molar-refractivity contribution in [2.24, 2.45) is 0 Å². The van der Waals surface area contributed by atoms with Crippen molar-refractivity contribution in [3.05, 3.63) is 30.1 Å². The molecule has 0 atom stereocenters. The molecule has 2 aromatic heterocycles. The van der Waals surface area contributed by atoms with E-state index in [0.29, 0.717) is 43.2 Å². The second-order valence-electron chi connectivity index (χ2n) is 8.88. The molecule has 32 heavy (non-hydrogen) atoms. The van der Waals surface area contributed by atoms with Crippen LogP contribution in [0, 0.1) is 0 Å². The van der Waals surface area contributed by atoms with Gasteiger partial charge < -0.3 is 25.0 Å². The first-order valence-electron chi connectivity index (χ1n) is 11.5. The zero-order chi connectivity index (χ0) is 22.2. The average molecular weight is 455 g/mol. The van der Waals surface area contributed by atoms with E-state index in [2.05, 4.69) is 32.7 Å². The van der Waals surface area contributed by atoms with Crippen LogP contribution in [0.25, 0.3) is 21.5 Å². The number of aromatic nitrogens is 2. The van der Waals surface area contributed by atoms with Gasteiger partial charge in [-0.1, -0.05) is 25.3 Å². The number of fused-ring (bicyclic) bond motifs is 1.